The summed E-state index contributed by atoms with van der Waals surface area (Å²) >= 11 is 0. The van der Waals surface area contributed by atoms with Gasteiger partial charge in [0.1, 0.15) is 0 Å². The molecule has 0 saturated heterocycles. The van der Waals surface area contributed by atoms with Crippen molar-refractivity contribution in [3.63, 3.8) is 0 Å². The van der Waals surface area contributed by atoms with Crippen LogP contribution in [0.15, 0.2) is 0 Å². The van der Waals surface area contributed by atoms with Crippen LogP contribution in [0.1, 0.15) is 84.5 Å². The average Bonchev–Trinajstić information content (AvgIpc) is 2.93. The van der Waals surface area contributed by atoms with E-state index in [0.29, 0.717) is 41.1 Å². The Hall–Kier alpha value is -0.120. The Morgan fingerprint density at radius 2 is 1.58 bits per heavy atom. The number of hydrogen-bond acceptors (Lipinski definition) is 3. The monoisotopic (exact) mass is 364 g/mol. The lowest BCUT2D eigenvalue weighted by Crippen LogP contribution is -2.58. The third-order valence-electron chi connectivity index (χ3n) is 9.81. The molecule has 4 aliphatic rings. The normalized spacial score (nSPS) is 53.7. The standard InChI is InChI=1S/C23H40O3/c1-22-11-9-19-21(18(22)7-6-15(22)5-3-4-12-24)20(26)14-16-13-17(25)8-10-23(16,19)2/h15-21,24-26H,3-14H2,1-2H3/t15?,16?,17-,18?,19?,20?,21?,22?,23?/m1/s1. The first-order valence-electron chi connectivity index (χ1n) is 11.4. The summed E-state index contributed by atoms with van der Waals surface area (Å²) in [4.78, 5) is 0. The Kier molecular flexibility index (Phi) is 5.20. The Morgan fingerprint density at radius 3 is 2.35 bits per heavy atom. The molecule has 0 aliphatic heterocycles. The zero-order valence-electron chi connectivity index (χ0n) is 16.9. The van der Waals surface area contributed by atoms with Crippen molar-refractivity contribution in [2.24, 2.45) is 40.4 Å². The molecule has 9 atom stereocenters. The van der Waals surface area contributed by atoms with Crippen LogP contribution in [0.4, 0.5) is 0 Å². The lowest BCUT2D eigenvalue weighted by atomic mass is 9.44. The largest absolute Gasteiger partial charge is 0.396 e. The van der Waals surface area contributed by atoms with Crippen molar-refractivity contribution >= 4 is 0 Å². The van der Waals surface area contributed by atoms with E-state index in [1.54, 1.807) is 0 Å². The summed E-state index contributed by atoms with van der Waals surface area (Å²) in [6.07, 6.45) is 12.2. The molecular formula is C23H40O3. The molecule has 0 aromatic carbocycles. The Bertz CT molecular complexity index is 508. The summed E-state index contributed by atoms with van der Waals surface area (Å²) < 4.78 is 0. The molecular weight excluding hydrogens is 324 g/mol. The van der Waals surface area contributed by atoms with Gasteiger partial charge in [-0.25, -0.2) is 0 Å². The first-order chi connectivity index (χ1) is 12.4. The quantitative estimate of drug-likeness (QED) is 0.657. The topological polar surface area (TPSA) is 60.7 Å². The lowest BCUT2D eigenvalue weighted by molar-refractivity contribution is -0.172. The second-order valence-corrected chi connectivity index (χ2v) is 10.8. The summed E-state index contributed by atoms with van der Waals surface area (Å²) in [5.74, 6) is 3.10. The van der Waals surface area contributed by atoms with Crippen LogP contribution in [0.2, 0.25) is 0 Å². The fourth-order valence-corrected chi connectivity index (χ4v) is 8.29. The molecule has 8 unspecified atom stereocenters. The molecule has 0 heterocycles. The van der Waals surface area contributed by atoms with E-state index < -0.39 is 0 Å². The zero-order chi connectivity index (χ0) is 18.5. The number of unbranched alkanes of at least 4 members (excludes halogenated alkanes) is 1. The SMILES string of the molecule is CC12CCC3C(C(O)CC4C[C@H](O)CCC43C)C1CCC2CCCCO. The fraction of sp³-hybridized carbons (Fsp3) is 1.00. The van der Waals surface area contributed by atoms with Gasteiger partial charge in [-0.1, -0.05) is 20.3 Å². The first kappa shape index (κ1) is 19.2. The summed E-state index contributed by atoms with van der Waals surface area (Å²) in [7, 11) is 0. The molecule has 150 valence electrons. The van der Waals surface area contributed by atoms with Crippen molar-refractivity contribution < 1.29 is 15.3 Å². The minimum atomic E-state index is -0.163. The van der Waals surface area contributed by atoms with Gasteiger partial charge in [0.05, 0.1) is 12.2 Å². The number of hydrogen-bond donors (Lipinski definition) is 3. The molecule has 0 bridgehead atoms. The lowest BCUT2D eigenvalue weighted by Gasteiger charge is -2.62. The van der Waals surface area contributed by atoms with Crippen molar-refractivity contribution in [2.75, 3.05) is 6.61 Å². The molecule has 4 aliphatic carbocycles. The summed E-state index contributed by atoms with van der Waals surface area (Å²) in [6.45, 7) is 5.33. The van der Waals surface area contributed by atoms with Crippen LogP contribution in [0.3, 0.4) is 0 Å². The van der Waals surface area contributed by atoms with E-state index in [9.17, 15) is 10.2 Å². The van der Waals surface area contributed by atoms with E-state index >= 15 is 0 Å². The van der Waals surface area contributed by atoms with Crippen molar-refractivity contribution in [1.82, 2.24) is 0 Å². The molecule has 26 heavy (non-hydrogen) atoms. The van der Waals surface area contributed by atoms with Gasteiger partial charge in [0, 0.05) is 6.61 Å². The highest BCUT2D eigenvalue weighted by Crippen LogP contribution is 2.67. The molecule has 3 nitrogen and oxygen atoms in total. The van der Waals surface area contributed by atoms with Crippen molar-refractivity contribution in [1.29, 1.82) is 0 Å². The molecule has 3 N–H and O–H groups in total. The van der Waals surface area contributed by atoms with Gasteiger partial charge >= 0.3 is 0 Å². The summed E-state index contributed by atoms with van der Waals surface area (Å²) in [5, 5.41) is 30.5. The third kappa shape index (κ3) is 2.88. The molecule has 0 aromatic rings. The third-order valence-corrected chi connectivity index (χ3v) is 9.81. The minimum absolute atomic E-state index is 0.145. The number of rotatable bonds is 4. The molecule has 4 rings (SSSR count). The van der Waals surface area contributed by atoms with Crippen LogP contribution >= 0.6 is 0 Å². The van der Waals surface area contributed by atoms with Gasteiger partial charge in [-0.05, 0) is 105 Å². The summed E-state index contributed by atoms with van der Waals surface area (Å²) in [6, 6.07) is 0. The van der Waals surface area contributed by atoms with Crippen LogP contribution in [-0.4, -0.2) is 34.1 Å². The van der Waals surface area contributed by atoms with E-state index in [1.807, 2.05) is 0 Å². The number of aliphatic hydroxyl groups excluding tert-OH is 3. The van der Waals surface area contributed by atoms with Crippen molar-refractivity contribution in [3.05, 3.63) is 0 Å². The van der Waals surface area contributed by atoms with Crippen LogP contribution in [0, 0.1) is 40.4 Å². The Morgan fingerprint density at radius 1 is 0.846 bits per heavy atom. The van der Waals surface area contributed by atoms with Gasteiger partial charge in [-0.15, -0.1) is 0 Å². The maximum Gasteiger partial charge on any atom is 0.0577 e. The maximum absolute atomic E-state index is 11.2. The minimum Gasteiger partial charge on any atom is -0.396 e. The van der Waals surface area contributed by atoms with E-state index in [2.05, 4.69) is 13.8 Å². The first-order valence-corrected chi connectivity index (χ1v) is 11.4. The highest BCUT2D eigenvalue weighted by atomic mass is 16.3. The van der Waals surface area contributed by atoms with Crippen molar-refractivity contribution in [3.8, 4) is 0 Å². The molecule has 4 saturated carbocycles. The van der Waals surface area contributed by atoms with Gasteiger partial charge in [0.2, 0.25) is 0 Å². The second kappa shape index (κ2) is 7.04. The Balaban J connectivity index is 1.55. The van der Waals surface area contributed by atoms with Gasteiger partial charge in [-0.3, -0.25) is 0 Å². The van der Waals surface area contributed by atoms with E-state index in [4.69, 9.17) is 5.11 Å². The molecule has 3 heteroatoms. The van der Waals surface area contributed by atoms with Crippen LogP contribution in [0.25, 0.3) is 0 Å². The molecule has 0 spiro atoms. The van der Waals surface area contributed by atoms with E-state index in [0.717, 1.165) is 44.4 Å². The second-order valence-electron chi connectivity index (χ2n) is 10.8. The highest BCUT2D eigenvalue weighted by molar-refractivity contribution is 5.11. The predicted octanol–water partition coefficient (Wildman–Crippen LogP) is 4.14. The predicted molar refractivity (Wildman–Crippen MR) is 104 cm³/mol. The Labute approximate surface area is 159 Å². The highest BCUT2D eigenvalue weighted by Gasteiger charge is 2.62. The van der Waals surface area contributed by atoms with Crippen LogP contribution in [0.5, 0.6) is 0 Å². The van der Waals surface area contributed by atoms with Crippen molar-refractivity contribution in [2.45, 2.75) is 96.7 Å². The smallest absolute Gasteiger partial charge is 0.0577 e. The van der Waals surface area contributed by atoms with Crippen LogP contribution in [-0.2, 0) is 0 Å². The summed E-state index contributed by atoms with van der Waals surface area (Å²) in [5.41, 5.74) is 0.731. The van der Waals surface area contributed by atoms with Crippen LogP contribution < -0.4 is 0 Å². The molecule has 4 fully saturated rings. The number of aliphatic hydroxyl groups is 3. The van der Waals surface area contributed by atoms with Gasteiger partial charge in [0.15, 0.2) is 0 Å². The molecule has 0 radical (unpaired) electrons. The van der Waals surface area contributed by atoms with Gasteiger partial charge in [0.25, 0.3) is 0 Å². The van der Waals surface area contributed by atoms with E-state index in [1.165, 1.54) is 32.1 Å². The number of fused-ring (bicyclic) bond motifs is 5. The average molecular weight is 365 g/mol. The molecule has 0 amide bonds. The maximum atomic E-state index is 11.2. The van der Waals surface area contributed by atoms with Gasteiger partial charge in [-0.2, -0.15) is 0 Å². The molecule has 0 aromatic heterocycles. The van der Waals surface area contributed by atoms with E-state index in [-0.39, 0.29) is 12.2 Å². The zero-order valence-corrected chi connectivity index (χ0v) is 16.9. The fourth-order valence-electron chi connectivity index (χ4n) is 8.29. The van der Waals surface area contributed by atoms with Gasteiger partial charge < -0.3 is 15.3 Å².